The maximum Gasteiger partial charge on any atom is 0.290 e. The molecule has 0 fully saturated rings. The molecule has 0 aliphatic heterocycles. The van der Waals surface area contributed by atoms with Crippen LogP contribution in [0.4, 0.5) is 0 Å². The third kappa shape index (κ3) is 3.30. The number of para-hydroxylation sites is 1. The van der Waals surface area contributed by atoms with E-state index in [-0.39, 0.29) is 5.91 Å². The van der Waals surface area contributed by atoms with Crippen molar-refractivity contribution >= 4 is 16.9 Å². The molecule has 5 nitrogen and oxygen atoms in total. The van der Waals surface area contributed by atoms with Crippen LogP contribution in [0.15, 0.2) is 82.1 Å². The Morgan fingerprint density at radius 3 is 2.72 bits per heavy atom. The van der Waals surface area contributed by atoms with Gasteiger partial charge in [0.25, 0.3) is 5.91 Å². The van der Waals surface area contributed by atoms with Gasteiger partial charge >= 0.3 is 0 Å². The topological polar surface area (TPSA) is 59.5 Å². The number of carbonyl (C=O) groups is 1. The molecule has 0 N–H and O–H groups in total. The van der Waals surface area contributed by atoms with Crippen molar-refractivity contribution in [3.63, 3.8) is 0 Å². The lowest BCUT2D eigenvalue weighted by molar-refractivity contribution is 0.0687. The minimum absolute atomic E-state index is 0.184. The van der Waals surface area contributed by atoms with Crippen LogP contribution in [0.2, 0.25) is 0 Å². The van der Waals surface area contributed by atoms with Crippen LogP contribution >= 0.6 is 0 Å². The Labute approximate surface area is 144 Å². The summed E-state index contributed by atoms with van der Waals surface area (Å²) in [5.74, 6) is 0.849. The summed E-state index contributed by atoms with van der Waals surface area (Å²) < 4.78 is 11.1. The fourth-order valence-corrected chi connectivity index (χ4v) is 2.75. The van der Waals surface area contributed by atoms with Gasteiger partial charge in [0.05, 0.1) is 12.8 Å². The highest BCUT2D eigenvalue weighted by molar-refractivity contribution is 5.96. The van der Waals surface area contributed by atoms with Crippen LogP contribution in [-0.2, 0) is 13.1 Å². The number of fused-ring (bicyclic) bond motifs is 1. The number of rotatable bonds is 5. The van der Waals surface area contributed by atoms with E-state index in [1.165, 1.54) is 0 Å². The van der Waals surface area contributed by atoms with Gasteiger partial charge < -0.3 is 13.7 Å². The Morgan fingerprint density at radius 2 is 1.96 bits per heavy atom. The second kappa shape index (κ2) is 6.65. The Hall–Kier alpha value is -3.34. The van der Waals surface area contributed by atoms with E-state index in [2.05, 4.69) is 4.98 Å². The van der Waals surface area contributed by atoms with Crippen LogP contribution in [0.5, 0.6) is 0 Å². The van der Waals surface area contributed by atoms with E-state index >= 15 is 0 Å². The van der Waals surface area contributed by atoms with E-state index in [0.29, 0.717) is 30.2 Å². The molecule has 1 amide bonds. The molecule has 1 aromatic carbocycles. The summed E-state index contributed by atoms with van der Waals surface area (Å²) in [7, 11) is 0. The third-order valence-corrected chi connectivity index (χ3v) is 3.95. The molecule has 124 valence electrons. The molecular formula is C20H16N2O3. The zero-order valence-electron chi connectivity index (χ0n) is 13.5. The fraction of sp³-hybridized carbons (Fsp3) is 0.100. The Bertz CT molecular complexity index is 942. The summed E-state index contributed by atoms with van der Waals surface area (Å²) in [6, 6.07) is 16.8. The van der Waals surface area contributed by atoms with Crippen LogP contribution in [0.1, 0.15) is 21.9 Å². The molecular weight excluding hydrogens is 316 g/mol. The number of hydrogen-bond acceptors (Lipinski definition) is 4. The molecule has 5 heteroatoms. The summed E-state index contributed by atoms with van der Waals surface area (Å²) in [6.07, 6.45) is 5.06. The van der Waals surface area contributed by atoms with Gasteiger partial charge in [0.1, 0.15) is 11.3 Å². The number of nitrogens with zero attached hydrogens (tertiary/aromatic N) is 2. The second-order valence-corrected chi connectivity index (χ2v) is 5.75. The molecule has 0 aliphatic carbocycles. The molecule has 0 radical (unpaired) electrons. The van der Waals surface area contributed by atoms with Crippen molar-refractivity contribution in [1.82, 2.24) is 9.88 Å². The quantitative estimate of drug-likeness (QED) is 0.548. The van der Waals surface area contributed by atoms with Crippen LogP contribution in [0.3, 0.4) is 0 Å². The maximum atomic E-state index is 13.0. The number of amides is 1. The first-order chi connectivity index (χ1) is 12.3. The summed E-state index contributed by atoms with van der Waals surface area (Å²) in [4.78, 5) is 18.8. The lowest BCUT2D eigenvalue weighted by Crippen LogP contribution is -2.29. The predicted molar refractivity (Wildman–Crippen MR) is 92.7 cm³/mol. The number of aromatic nitrogens is 1. The van der Waals surface area contributed by atoms with E-state index in [0.717, 1.165) is 10.9 Å². The molecule has 25 heavy (non-hydrogen) atoms. The Balaban J connectivity index is 1.64. The Morgan fingerprint density at radius 1 is 1.04 bits per heavy atom. The van der Waals surface area contributed by atoms with Gasteiger partial charge in [-0.25, -0.2) is 0 Å². The van der Waals surface area contributed by atoms with Crippen molar-refractivity contribution in [2.75, 3.05) is 0 Å². The minimum Gasteiger partial charge on any atom is -0.467 e. The highest BCUT2D eigenvalue weighted by Gasteiger charge is 2.21. The largest absolute Gasteiger partial charge is 0.467 e. The molecule has 0 atom stereocenters. The highest BCUT2D eigenvalue weighted by Crippen LogP contribution is 2.22. The van der Waals surface area contributed by atoms with Crippen LogP contribution in [-0.4, -0.2) is 15.8 Å². The first-order valence-corrected chi connectivity index (χ1v) is 7.99. The predicted octanol–water partition coefficient (Wildman–Crippen LogP) is 4.26. The first-order valence-electron chi connectivity index (χ1n) is 7.99. The zero-order chi connectivity index (χ0) is 17.1. The van der Waals surface area contributed by atoms with Gasteiger partial charge in [-0.3, -0.25) is 9.78 Å². The maximum absolute atomic E-state index is 13.0. The normalized spacial score (nSPS) is 10.9. The number of furan rings is 2. The number of pyridine rings is 1. The summed E-state index contributed by atoms with van der Waals surface area (Å²) >= 11 is 0. The summed E-state index contributed by atoms with van der Waals surface area (Å²) in [5.41, 5.74) is 1.64. The smallest absolute Gasteiger partial charge is 0.290 e. The monoisotopic (exact) mass is 332 g/mol. The molecule has 3 heterocycles. The van der Waals surface area contributed by atoms with Crippen molar-refractivity contribution in [2.45, 2.75) is 13.1 Å². The molecule has 0 saturated heterocycles. The van der Waals surface area contributed by atoms with E-state index < -0.39 is 0 Å². The number of benzene rings is 1. The molecule has 4 rings (SSSR count). The lowest BCUT2D eigenvalue weighted by Gasteiger charge is -2.20. The lowest BCUT2D eigenvalue weighted by atomic mass is 10.2. The van der Waals surface area contributed by atoms with Crippen LogP contribution < -0.4 is 0 Å². The van der Waals surface area contributed by atoms with Crippen molar-refractivity contribution in [2.24, 2.45) is 0 Å². The highest BCUT2D eigenvalue weighted by atomic mass is 16.3. The molecule has 0 spiro atoms. The van der Waals surface area contributed by atoms with Gasteiger partial charge in [0.2, 0.25) is 0 Å². The second-order valence-electron chi connectivity index (χ2n) is 5.75. The SMILES string of the molecule is O=C(c1cc2ccccc2o1)N(Cc1cccnc1)Cc1ccco1. The molecule has 0 bridgehead atoms. The molecule has 4 aromatic rings. The van der Waals surface area contributed by atoms with Gasteiger partial charge in [-0.1, -0.05) is 24.3 Å². The van der Waals surface area contributed by atoms with Gasteiger partial charge in [0, 0.05) is 24.3 Å². The third-order valence-electron chi connectivity index (χ3n) is 3.95. The van der Waals surface area contributed by atoms with Crippen molar-refractivity contribution in [3.8, 4) is 0 Å². The van der Waals surface area contributed by atoms with Crippen LogP contribution in [0, 0.1) is 0 Å². The average molecular weight is 332 g/mol. The molecule has 0 aliphatic rings. The van der Waals surface area contributed by atoms with Crippen molar-refractivity contribution in [3.05, 3.63) is 90.3 Å². The minimum atomic E-state index is -0.184. The van der Waals surface area contributed by atoms with Crippen molar-refractivity contribution < 1.29 is 13.6 Å². The number of hydrogen-bond donors (Lipinski definition) is 0. The van der Waals surface area contributed by atoms with E-state index in [1.807, 2.05) is 48.5 Å². The van der Waals surface area contributed by atoms with Gasteiger partial charge in [-0.2, -0.15) is 0 Å². The van der Waals surface area contributed by atoms with Crippen molar-refractivity contribution in [1.29, 1.82) is 0 Å². The molecule has 0 saturated carbocycles. The van der Waals surface area contributed by atoms with Gasteiger partial charge in [0.15, 0.2) is 5.76 Å². The number of carbonyl (C=O) groups excluding carboxylic acids is 1. The summed E-state index contributed by atoms with van der Waals surface area (Å²) in [5, 5.41) is 0.908. The molecule has 3 aromatic heterocycles. The van der Waals surface area contributed by atoms with E-state index in [1.54, 1.807) is 29.6 Å². The van der Waals surface area contributed by atoms with Gasteiger partial charge in [-0.15, -0.1) is 0 Å². The van der Waals surface area contributed by atoms with E-state index in [9.17, 15) is 4.79 Å². The molecule has 0 unspecified atom stereocenters. The Kier molecular flexibility index (Phi) is 4.04. The first kappa shape index (κ1) is 15.2. The van der Waals surface area contributed by atoms with Crippen LogP contribution in [0.25, 0.3) is 11.0 Å². The fourth-order valence-electron chi connectivity index (χ4n) is 2.75. The summed E-state index contributed by atoms with van der Waals surface area (Å²) in [6.45, 7) is 0.780. The van der Waals surface area contributed by atoms with E-state index in [4.69, 9.17) is 8.83 Å². The average Bonchev–Trinajstić information content (AvgIpc) is 3.30. The zero-order valence-corrected chi connectivity index (χ0v) is 13.5. The van der Waals surface area contributed by atoms with Gasteiger partial charge in [-0.05, 0) is 35.9 Å². The standard InChI is InChI=1S/C20H16N2O3/c23-20(19-11-16-6-1-2-8-18(16)25-19)22(14-17-7-4-10-24-17)13-15-5-3-9-21-12-15/h1-12H,13-14H2.